The fraction of sp³-hybridized carbons (Fsp3) is 0.333. The summed E-state index contributed by atoms with van der Waals surface area (Å²) in [5, 5.41) is 7.96. The number of hydrogen-bond acceptors (Lipinski definition) is 4. The molecule has 0 radical (unpaired) electrons. The highest BCUT2D eigenvalue weighted by Gasteiger charge is 1.97. The summed E-state index contributed by atoms with van der Waals surface area (Å²) in [5.74, 6) is 0. The van der Waals surface area contributed by atoms with Gasteiger partial charge in [-0.2, -0.15) is 8.67 Å². The minimum absolute atomic E-state index is 0.534. The van der Waals surface area contributed by atoms with Crippen molar-refractivity contribution in [3.63, 3.8) is 0 Å². The summed E-state index contributed by atoms with van der Waals surface area (Å²) >= 11 is -1.07. The molecule has 2 rings (SSSR count). The van der Waals surface area contributed by atoms with E-state index < -0.39 is 22.4 Å². The summed E-state index contributed by atoms with van der Waals surface area (Å²) < 4.78 is 9.89. The molecule has 0 amide bonds. The van der Waals surface area contributed by atoms with Crippen LogP contribution in [-0.4, -0.2) is 13.2 Å². The first-order valence-corrected chi connectivity index (χ1v) is 8.52. The zero-order valence-electron chi connectivity index (χ0n) is 10.6. The van der Waals surface area contributed by atoms with E-state index in [1.54, 1.807) is 0 Å². The second-order valence-corrected chi connectivity index (χ2v) is 5.98. The van der Waals surface area contributed by atoms with Gasteiger partial charge in [0.25, 0.3) is 0 Å². The van der Waals surface area contributed by atoms with Gasteiger partial charge in [0.15, 0.2) is 0 Å². The Kier molecular flexibility index (Phi) is 9.01. The normalized spacial score (nSPS) is 19.4. The van der Waals surface area contributed by atoms with Crippen LogP contribution in [0, 0.1) is 0 Å². The molecule has 0 bridgehead atoms. The molecule has 0 aliphatic carbocycles. The molecule has 0 unspecified atom stereocenters. The molecule has 6 heteroatoms. The van der Waals surface area contributed by atoms with Gasteiger partial charge in [-0.25, -0.2) is 9.78 Å². The van der Waals surface area contributed by atoms with Crippen molar-refractivity contribution in [2.24, 2.45) is 0 Å². The molecule has 0 saturated carbocycles. The molecule has 104 valence electrons. The summed E-state index contributed by atoms with van der Waals surface area (Å²) in [6, 6.07) is 0. The van der Waals surface area contributed by atoms with Gasteiger partial charge in [-0.05, 0) is 35.5 Å². The zero-order chi connectivity index (χ0) is 13.1. The largest absolute Gasteiger partial charge is 0.226 e. The lowest BCUT2D eigenvalue weighted by Gasteiger charge is -2.06. The Morgan fingerprint density at radius 2 is 1.00 bits per heavy atom. The van der Waals surface area contributed by atoms with Crippen LogP contribution in [-0.2, 0) is 18.4 Å². The average molecular weight is 292 g/mol. The van der Waals surface area contributed by atoms with Gasteiger partial charge < -0.3 is 0 Å². The molecule has 0 spiro atoms. The Balaban J connectivity index is 0.000000180. The summed E-state index contributed by atoms with van der Waals surface area (Å²) in [6.45, 7) is 5.03. The molecule has 0 saturated heterocycles. The van der Waals surface area contributed by atoms with Gasteiger partial charge >= 0.3 is 0 Å². The van der Waals surface area contributed by atoms with Gasteiger partial charge in [-0.1, -0.05) is 46.7 Å². The second kappa shape index (κ2) is 10.4. The third-order valence-electron chi connectivity index (χ3n) is 1.67. The van der Waals surface area contributed by atoms with Crippen molar-refractivity contribution >= 4 is 22.4 Å². The first-order valence-electron chi connectivity index (χ1n) is 5.72. The number of rotatable bonds is 6. The number of allylic oxidation sites excluding steroid dienone is 4. The fourth-order valence-corrected chi connectivity index (χ4v) is 2.89. The van der Waals surface area contributed by atoms with E-state index in [0.717, 1.165) is 0 Å². The van der Waals surface area contributed by atoms with Crippen molar-refractivity contribution < 1.29 is 18.4 Å². The summed E-state index contributed by atoms with van der Waals surface area (Å²) in [6.07, 6.45) is 7.85. The zero-order valence-corrected chi connectivity index (χ0v) is 12.3. The highest BCUT2D eigenvalue weighted by Crippen LogP contribution is 2.34. The smallest absolute Gasteiger partial charge is 0.0806 e. The topological polar surface area (TPSA) is 36.9 Å². The lowest BCUT2D eigenvalue weighted by Crippen LogP contribution is -1.86. The predicted molar refractivity (Wildman–Crippen MR) is 80.0 cm³/mol. The van der Waals surface area contributed by atoms with E-state index in [4.69, 9.17) is 18.4 Å². The monoisotopic (exact) mass is 292 g/mol. The SMILES string of the molecule is CCOO[SH]1C=CC=C1.CCOO[SH]1C=CC=C1. The van der Waals surface area contributed by atoms with Gasteiger partial charge in [0.05, 0.1) is 13.2 Å². The Labute approximate surface area is 114 Å². The van der Waals surface area contributed by atoms with E-state index in [1.165, 1.54) is 0 Å². The van der Waals surface area contributed by atoms with E-state index in [0.29, 0.717) is 13.2 Å². The number of thiol groups is 2. The van der Waals surface area contributed by atoms with Crippen LogP contribution in [0.2, 0.25) is 0 Å². The number of hydrogen-bond donors (Lipinski definition) is 2. The van der Waals surface area contributed by atoms with Crippen molar-refractivity contribution in [1.82, 2.24) is 0 Å². The fourth-order valence-electron chi connectivity index (χ4n) is 0.964. The molecular formula is C12H20O4S2. The van der Waals surface area contributed by atoms with Gasteiger partial charge in [-0.3, -0.25) is 0 Å². The van der Waals surface area contributed by atoms with E-state index in [2.05, 4.69) is 0 Å². The summed E-state index contributed by atoms with van der Waals surface area (Å²) in [4.78, 5) is 9.49. The highest BCUT2D eigenvalue weighted by atomic mass is 32.2. The quantitative estimate of drug-likeness (QED) is 0.443. The van der Waals surface area contributed by atoms with Gasteiger partial charge in [0.2, 0.25) is 0 Å². The Morgan fingerprint density at radius 3 is 1.28 bits per heavy atom. The van der Waals surface area contributed by atoms with Crippen LogP contribution in [0.1, 0.15) is 13.8 Å². The van der Waals surface area contributed by atoms with Crippen molar-refractivity contribution in [2.45, 2.75) is 13.8 Å². The molecule has 0 N–H and O–H groups in total. The highest BCUT2D eigenvalue weighted by molar-refractivity contribution is 8.18. The van der Waals surface area contributed by atoms with Crippen LogP contribution in [0.4, 0.5) is 0 Å². The molecule has 0 aromatic rings. The first-order chi connectivity index (χ1) is 8.86. The van der Waals surface area contributed by atoms with Crippen LogP contribution in [0.3, 0.4) is 0 Å². The van der Waals surface area contributed by atoms with E-state index in [-0.39, 0.29) is 0 Å². The minimum Gasteiger partial charge on any atom is -0.226 e. The Morgan fingerprint density at radius 1 is 0.667 bits per heavy atom. The van der Waals surface area contributed by atoms with Crippen LogP contribution in [0.25, 0.3) is 0 Å². The Bertz CT molecular complexity index is 270. The van der Waals surface area contributed by atoms with Crippen molar-refractivity contribution in [2.75, 3.05) is 13.2 Å². The van der Waals surface area contributed by atoms with Crippen LogP contribution in [0.5, 0.6) is 0 Å². The molecule has 2 aliphatic rings. The van der Waals surface area contributed by atoms with Gasteiger partial charge in [0, 0.05) is 0 Å². The third kappa shape index (κ3) is 7.05. The molecule has 0 fully saturated rings. The molecule has 18 heavy (non-hydrogen) atoms. The van der Waals surface area contributed by atoms with E-state index >= 15 is 0 Å². The standard InChI is InChI=1S/2C6H10O2S/c2*1-2-7-8-9-5-3-4-6-9/h2*3-6,9H,2H2,1H3. The first kappa shape index (κ1) is 15.6. The lowest BCUT2D eigenvalue weighted by molar-refractivity contribution is -0.186. The maximum Gasteiger partial charge on any atom is 0.0806 e. The third-order valence-corrected chi connectivity index (χ3v) is 4.09. The molecule has 0 aromatic carbocycles. The minimum atomic E-state index is -0.534. The lowest BCUT2D eigenvalue weighted by atomic mass is 10.6. The molecular weight excluding hydrogens is 272 g/mol. The maximum atomic E-state index is 4.94. The average Bonchev–Trinajstić information content (AvgIpc) is 3.07. The van der Waals surface area contributed by atoms with Crippen LogP contribution < -0.4 is 0 Å². The van der Waals surface area contributed by atoms with Crippen LogP contribution >= 0.6 is 22.4 Å². The molecule has 4 nitrogen and oxygen atoms in total. The predicted octanol–water partition coefficient (Wildman–Crippen LogP) is 3.82. The maximum absolute atomic E-state index is 4.94. The van der Waals surface area contributed by atoms with Crippen molar-refractivity contribution in [3.05, 3.63) is 45.9 Å². The molecule has 2 aliphatic heterocycles. The van der Waals surface area contributed by atoms with Gasteiger partial charge in [0.1, 0.15) is 0 Å². The van der Waals surface area contributed by atoms with Crippen LogP contribution in [0.15, 0.2) is 45.9 Å². The second-order valence-electron chi connectivity index (χ2n) is 3.05. The van der Waals surface area contributed by atoms with E-state index in [1.807, 2.05) is 59.8 Å². The Hall–Kier alpha value is -0.500. The molecule has 2 heterocycles. The summed E-state index contributed by atoms with van der Waals surface area (Å²) in [7, 11) is 0. The van der Waals surface area contributed by atoms with Crippen molar-refractivity contribution in [3.8, 4) is 0 Å². The summed E-state index contributed by atoms with van der Waals surface area (Å²) in [5.41, 5.74) is 0. The van der Waals surface area contributed by atoms with Crippen molar-refractivity contribution in [1.29, 1.82) is 0 Å². The molecule has 0 aromatic heterocycles. The van der Waals surface area contributed by atoms with E-state index in [9.17, 15) is 0 Å². The molecule has 0 atom stereocenters. The van der Waals surface area contributed by atoms with Gasteiger partial charge in [-0.15, -0.1) is 0 Å².